The van der Waals surface area contributed by atoms with Gasteiger partial charge in [0.15, 0.2) is 11.5 Å². The molecule has 1 aliphatic heterocycles. The number of rotatable bonds is 3. The average Bonchev–Trinajstić information content (AvgIpc) is 3.17. The molecule has 0 fully saturated rings. The minimum absolute atomic E-state index is 0.349. The third-order valence-electron chi connectivity index (χ3n) is 3.62. The van der Waals surface area contributed by atoms with Gasteiger partial charge in [-0.25, -0.2) is 4.68 Å². The van der Waals surface area contributed by atoms with E-state index in [1.807, 2.05) is 0 Å². The molecule has 0 bridgehead atoms. The maximum absolute atomic E-state index is 12.7. The lowest BCUT2D eigenvalue weighted by molar-refractivity contribution is 0.101. The molecule has 4 rings (SSSR count). The van der Waals surface area contributed by atoms with Crippen molar-refractivity contribution in [3.63, 3.8) is 0 Å². The molecule has 0 spiro atoms. The standard InChI is InChI=1S/C16H12ClN5O3/c17-12-5-4-10(22-9-18-20-21-22)8-13(12)19-16(23)11-2-1-3-14-15(11)25-7-6-24-14/h1-5,8-9H,6-7H2,(H,19,23). The van der Waals surface area contributed by atoms with Gasteiger partial charge in [-0.05, 0) is 40.8 Å². The van der Waals surface area contributed by atoms with Crippen LogP contribution in [-0.4, -0.2) is 39.3 Å². The molecule has 25 heavy (non-hydrogen) atoms. The maximum atomic E-state index is 12.7. The summed E-state index contributed by atoms with van der Waals surface area (Å²) in [4.78, 5) is 12.7. The second-order valence-electron chi connectivity index (χ2n) is 5.20. The van der Waals surface area contributed by atoms with Crippen molar-refractivity contribution >= 4 is 23.2 Å². The molecule has 0 atom stereocenters. The van der Waals surface area contributed by atoms with Crippen molar-refractivity contribution in [1.29, 1.82) is 0 Å². The Hall–Kier alpha value is -3.13. The zero-order valence-corrected chi connectivity index (χ0v) is 13.6. The Kier molecular flexibility index (Phi) is 3.95. The van der Waals surface area contributed by atoms with Crippen molar-refractivity contribution < 1.29 is 14.3 Å². The quantitative estimate of drug-likeness (QED) is 0.773. The Balaban J connectivity index is 1.64. The van der Waals surface area contributed by atoms with Gasteiger partial charge in [-0.15, -0.1) is 5.10 Å². The molecule has 0 saturated carbocycles. The van der Waals surface area contributed by atoms with E-state index in [-0.39, 0.29) is 5.91 Å². The summed E-state index contributed by atoms with van der Waals surface area (Å²) in [6.07, 6.45) is 1.45. The SMILES string of the molecule is O=C(Nc1cc(-n2cnnn2)ccc1Cl)c1cccc2c1OCCO2. The average molecular weight is 358 g/mol. The number of ether oxygens (including phenoxy) is 2. The Morgan fingerprint density at radius 3 is 2.92 bits per heavy atom. The van der Waals surface area contributed by atoms with Crippen LogP contribution < -0.4 is 14.8 Å². The number of carbonyl (C=O) groups is 1. The molecule has 0 unspecified atom stereocenters. The third-order valence-corrected chi connectivity index (χ3v) is 3.95. The first-order chi connectivity index (χ1) is 12.2. The van der Waals surface area contributed by atoms with E-state index in [0.717, 1.165) is 0 Å². The number of hydrogen-bond acceptors (Lipinski definition) is 6. The van der Waals surface area contributed by atoms with Gasteiger partial charge in [0, 0.05) is 0 Å². The summed E-state index contributed by atoms with van der Waals surface area (Å²) in [6.45, 7) is 0.852. The normalized spacial score (nSPS) is 12.7. The van der Waals surface area contributed by atoms with Crippen molar-refractivity contribution in [2.45, 2.75) is 0 Å². The highest BCUT2D eigenvalue weighted by molar-refractivity contribution is 6.34. The largest absolute Gasteiger partial charge is 0.486 e. The summed E-state index contributed by atoms with van der Waals surface area (Å²) in [5.41, 5.74) is 1.48. The number of benzene rings is 2. The second kappa shape index (κ2) is 6.40. The van der Waals surface area contributed by atoms with Crippen LogP contribution in [0.2, 0.25) is 5.02 Å². The smallest absolute Gasteiger partial charge is 0.259 e. The van der Waals surface area contributed by atoms with Gasteiger partial charge in [-0.3, -0.25) is 4.79 Å². The van der Waals surface area contributed by atoms with Crippen molar-refractivity contribution in [2.24, 2.45) is 0 Å². The number of nitrogens with zero attached hydrogens (tertiary/aromatic N) is 4. The number of carbonyl (C=O) groups excluding carboxylic acids is 1. The monoisotopic (exact) mass is 357 g/mol. The van der Waals surface area contributed by atoms with Crippen LogP contribution in [0.1, 0.15) is 10.4 Å². The van der Waals surface area contributed by atoms with Crippen LogP contribution >= 0.6 is 11.6 Å². The fourth-order valence-corrected chi connectivity index (χ4v) is 2.64. The summed E-state index contributed by atoms with van der Waals surface area (Å²) < 4.78 is 12.5. The molecule has 2 heterocycles. The van der Waals surface area contributed by atoms with Gasteiger partial charge in [0.05, 0.1) is 22.0 Å². The predicted octanol–water partition coefficient (Wildman–Crippen LogP) is 2.34. The third kappa shape index (κ3) is 2.99. The summed E-state index contributed by atoms with van der Waals surface area (Å²) in [5.74, 6) is 0.629. The molecule has 3 aromatic rings. The number of tetrazole rings is 1. The number of amides is 1. The molecule has 126 valence electrons. The molecule has 9 heteroatoms. The van der Waals surface area contributed by atoms with Crippen molar-refractivity contribution in [3.05, 3.63) is 53.3 Å². The highest BCUT2D eigenvalue weighted by atomic mass is 35.5. The molecule has 1 aliphatic rings. The lowest BCUT2D eigenvalue weighted by atomic mass is 10.1. The van der Waals surface area contributed by atoms with Gasteiger partial charge in [0.2, 0.25) is 0 Å². The van der Waals surface area contributed by atoms with E-state index in [2.05, 4.69) is 20.8 Å². The van der Waals surface area contributed by atoms with E-state index in [9.17, 15) is 4.79 Å². The first-order valence-corrected chi connectivity index (χ1v) is 7.83. The fourth-order valence-electron chi connectivity index (χ4n) is 2.47. The summed E-state index contributed by atoms with van der Waals surface area (Å²) >= 11 is 6.20. The number of hydrogen-bond donors (Lipinski definition) is 1. The lowest BCUT2D eigenvalue weighted by Gasteiger charge is -2.20. The van der Waals surface area contributed by atoms with Crippen molar-refractivity contribution in [1.82, 2.24) is 20.2 Å². The maximum Gasteiger partial charge on any atom is 0.259 e. The van der Waals surface area contributed by atoms with Gasteiger partial charge in [-0.1, -0.05) is 17.7 Å². The van der Waals surface area contributed by atoms with Crippen LogP contribution in [0.4, 0.5) is 5.69 Å². The van der Waals surface area contributed by atoms with Gasteiger partial charge in [0.1, 0.15) is 19.5 Å². The molecule has 1 aromatic heterocycles. The van der Waals surface area contributed by atoms with Crippen LogP contribution in [0, 0.1) is 0 Å². The molecule has 0 aliphatic carbocycles. The molecular formula is C16H12ClN5O3. The molecule has 1 N–H and O–H groups in total. The minimum atomic E-state index is -0.349. The van der Waals surface area contributed by atoms with Crippen LogP contribution in [0.5, 0.6) is 11.5 Å². The van der Waals surface area contributed by atoms with Crippen LogP contribution in [0.15, 0.2) is 42.7 Å². The number of halogens is 1. The van der Waals surface area contributed by atoms with Gasteiger partial charge >= 0.3 is 0 Å². The van der Waals surface area contributed by atoms with Crippen LogP contribution in [0.25, 0.3) is 5.69 Å². The Bertz CT molecular complexity index is 930. The highest BCUT2D eigenvalue weighted by Gasteiger charge is 2.21. The van der Waals surface area contributed by atoms with E-state index in [0.29, 0.717) is 46.7 Å². The molecule has 0 radical (unpaired) electrons. The van der Waals surface area contributed by atoms with Crippen LogP contribution in [0.3, 0.4) is 0 Å². The zero-order chi connectivity index (χ0) is 17.2. The molecule has 0 saturated heterocycles. The van der Waals surface area contributed by atoms with Gasteiger partial charge in [-0.2, -0.15) is 0 Å². The van der Waals surface area contributed by atoms with E-state index in [4.69, 9.17) is 21.1 Å². The van der Waals surface area contributed by atoms with E-state index < -0.39 is 0 Å². The Morgan fingerprint density at radius 1 is 1.20 bits per heavy atom. The van der Waals surface area contributed by atoms with E-state index >= 15 is 0 Å². The van der Waals surface area contributed by atoms with E-state index in [1.165, 1.54) is 11.0 Å². The number of anilines is 1. The highest BCUT2D eigenvalue weighted by Crippen LogP contribution is 2.34. The number of para-hydroxylation sites is 1. The minimum Gasteiger partial charge on any atom is -0.486 e. The Labute approximate surface area is 147 Å². The summed E-state index contributed by atoms with van der Waals surface area (Å²) in [7, 11) is 0. The Morgan fingerprint density at radius 2 is 2.08 bits per heavy atom. The molecular weight excluding hydrogens is 346 g/mol. The van der Waals surface area contributed by atoms with E-state index in [1.54, 1.807) is 36.4 Å². The summed E-state index contributed by atoms with van der Waals surface area (Å²) in [5, 5.41) is 14.2. The molecule has 8 nitrogen and oxygen atoms in total. The zero-order valence-electron chi connectivity index (χ0n) is 12.8. The van der Waals surface area contributed by atoms with Crippen LogP contribution in [-0.2, 0) is 0 Å². The van der Waals surface area contributed by atoms with Crippen molar-refractivity contribution in [2.75, 3.05) is 18.5 Å². The first kappa shape index (κ1) is 15.4. The predicted molar refractivity (Wildman–Crippen MR) is 89.5 cm³/mol. The van der Waals surface area contributed by atoms with Gasteiger partial charge < -0.3 is 14.8 Å². The number of fused-ring (bicyclic) bond motifs is 1. The first-order valence-electron chi connectivity index (χ1n) is 7.45. The molecule has 1 amide bonds. The fraction of sp³-hybridized carbons (Fsp3) is 0.125. The lowest BCUT2D eigenvalue weighted by Crippen LogP contribution is -2.20. The summed E-state index contributed by atoms with van der Waals surface area (Å²) in [6, 6.07) is 10.3. The second-order valence-corrected chi connectivity index (χ2v) is 5.61. The van der Waals surface area contributed by atoms with Gasteiger partial charge in [0.25, 0.3) is 5.91 Å². The number of aromatic nitrogens is 4. The number of nitrogens with one attached hydrogen (secondary N) is 1. The molecule has 2 aromatic carbocycles. The topological polar surface area (TPSA) is 91.2 Å². The van der Waals surface area contributed by atoms with Crippen molar-refractivity contribution in [3.8, 4) is 17.2 Å².